The molecule has 0 saturated carbocycles. The lowest BCUT2D eigenvalue weighted by molar-refractivity contribution is -0.144. The maximum Gasteiger partial charge on any atom is 0.380 e. The molecule has 1 fully saturated rings. The molecule has 0 radical (unpaired) electrons. The zero-order chi connectivity index (χ0) is 31.8. The number of carbonyl (C=O) groups excluding carboxylic acids is 6. The summed E-state index contributed by atoms with van der Waals surface area (Å²) in [6, 6.07) is 13.7. The van der Waals surface area contributed by atoms with Gasteiger partial charge in [-0.3, -0.25) is 24.0 Å². The van der Waals surface area contributed by atoms with Crippen LogP contribution in [0.3, 0.4) is 0 Å². The van der Waals surface area contributed by atoms with Crippen molar-refractivity contribution in [2.24, 2.45) is 17.8 Å². The van der Waals surface area contributed by atoms with Gasteiger partial charge in [-0.25, -0.2) is 4.79 Å². The van der Waals surface area contributed by atoms with Crippen LogP contribution in [0.25, 0.3) is 10.9 Å². The number of hydrogen-bond acceptors (Lipinski definition) is 8. The Balaban J connectivity index is 1.47. The summed E-state index contributed by atoms with van der Waals surface area (Å²) in [5, 5.41) is 6.18. The first-order valence-corrected chi connectivity index (χ1v) is 14.6. The lowest BCUT2D eigenvalue weighted by Crippen LogP contribution is -2.47. The number of Topliss-reactive ketones (excluding diaryl/α,β-unsaturated/α-hetero) is 3. The molecule has 2 amide bonds. The van der Waals surface area contributed by atoms with E-state index in [1.165, 1.54) is 12.1 Å². The molecular formula is C33H37N3O8. The highest BCUT2D eigenvalue weighted by molar-refractivity contribution is 6.40. The van der Waals surface area contributed by atoms with Crippen LogP contribution in [0.2, 0.25) is 0 Å². The molecule has 4 rings (SSSR count). The lowest BCUT2D eigenvalue weighted by Gasteiger charge is -2.24. The maximum absolute atomic E-state index is 13.6. The highest BCUT2D eigenvalue weighted by Crippen LogP contribution is 2.28. The fraction of sp³-hybridized carbons (Fsp3) is 0.394. The summed E-state index contributed by atoms with van der Waals surface area (Å²) >= 11 is 0. The molecule has 2 heterocycles. The van der Waals surface area contributed by atoms with Crippen LogP contribution in [0.15, 0.2) is 54.6 Å². The summed E-state index contributed by atoms with van der Waals surface area (Å²) in [4.78, 5) is 80.4. The highest BCUT2D eigenvalue weighted by Gasteiger charge is 2.34. The van der Waals surface area contributed by atoms with Crippen molar-refractivity contribution in [3.8, 4) is 5.75 Å². The molecule has 0 spiro atoms. The van der Waals surface area contributed by atoms with E-state index < -0.39 is 47.9 Å². The molecule has 0 unspecified atom stereocenters. The van der Waals surface area contributed by atoms with Crippen LogP contribution in [0, 0.1) is 17.8 Å². The van der Waals surface area contributed by atoms with E-state index in [1.54, 1.807) is 43.5 Å². The molecule has 1 saturated heterocycles. The minimum Gasteiger partial charge on any atom is -0.496 e. The number of methoxy groups -OCH3 is 1. The first kappa shape index (κ1) is 32.1. The monoisotopic (exact) mass is 603 g/mol. The Kier molecular flexibility index (Phi) is 10.6. The molecule has 1 aliphatic heterocycles. The van der Waals surface area contributed by atoms with E-state index in [2.05, 4.69) is 15.6 Å². The summed E-state index contributed by atoms with van der Waals surface area (Å²) in [5.41, 5.74) is 1.17. The number of esters is 1. The highest BCUT2D eigenvalue weighted by atomic mass is 16.5. The molecule has 44 heavy (non-hydrogen) atoms. The number of fused-ring (bicyclic) bond motifs is 1. The SMILES string of the molecule is COc1cccc2[nH]c(C(=O)C[C@@H](CC(C)C)C(=O)N[C@@H](C[C@@H]3CCNC3=O)C(=O)COC(=O)C(=O)c3ccccc3)cc12. The number of ether oxygens (including phenoxy) is 2. The molecular weight excluding hydrogens is 566 g/mol. The zero-order valence-corrected chi connectivity index (χ0v) is 25.0. The Morgan fingerprint density at radius 3 is 2.43 bits per heavy atom. The second-order valence-electron chi connectivity index (χ2n) is 11.4. The van der Waals surface area contributed by atoms with Gasteiger partial charge in [-0.15, -0.1) is 0 Å². The first-order chi connectivity index (χ1) is 21.1. The molecule has 3 aromatic rings. The van der Waals surface area contributed by atoms with E-state index in [9.17, 15) is 28.8 Å². The van der Waals surface area contributed by atoms with Gasteiger partial charge in [0.1, 0.15) is 5.75 Å². The van der Waals surface area contributed by atoms with Crippen LogP contribution in [-0.4, -0.2) is 66.4 Å². The van der Waals surface area contributed by atoms with Crippen molar-refractivity contribution in [2.75, 3.05) is 20.3 Å². The van der Waals surface area contributed by atoms with Crippen LogP contribution in [0.4, 0.5) is 0 Å². The summed E-state index contributed by atoms with van der Waals surface area (Å²) in [5.74, 6) is -4.45. The summed E-state index contributed by atoms with van der Waals surface area (Å²) < 4.78 is 10.4. The van der Waals surface area contributed by atoms with Gasteiger partial charge in [0.2, 0.25) is 11.8 Å². The van der Waals surface area contributed by atoms with E-state index >= 15 is 0 Å². The fourth-order valence-corrected chi connectivity index (χ4v) is 5.37. The summed E-state index contributed by atoms with van der Waals surface area (Å²) in [6.45, 7) is 3.53. The Morgan fingerprint density at radius 2 is 1.77 bits per heavy atom. The quantitative estimate of drug-likeness (QED) is 0.135. The zero-order valence-electron chi connectivity index (χ0n) is 25.0. The first-order valence-electron chi connectivity index (χ1n) is 14.6. The molecule has 2 aromatic carbocycles. The van der Waals surface area contributed by atoms with Gasteiger partial charge in [0.15, 0.2) is 18.2 Å². The molecule has 1 aliphatic rings. The maximum atomic E-state index is 13.6. The largest absolute Gasteiger partial charge is 0.496 e. The third-order valence-corrected chi connectivity index (χ3v) is 7.66. The minimum absolute atomic E-state index is 0.00918. The number of carbonyl (C=O) groups is 6. The molecule has 0 bridgehead atoms. The predicted molar refractivity (Wildman–Crippen MR) is 161 cm³/mol. The van der Waals surface area contributed by atoms with Gasteiger partial charge in [0, 0.05) is 41.3 Å². The van der Waals surface area contributed by atoms with Crippen molar-refractivity contribution in [1.29, 1.82) is 0 Å². The number of rotatable bonds is 15. The molecule has 3 N–H and O–H groups in total. The van der Waals surface area contributed by atoms with Gasteiger partial charge in [0.05, 0.1) is 18.8 Å². The van der Waals surface area contributed by atoms with Crippen molar-refractivity contribution in [1.82, 2.24) is 15.6 Å². The van der Waals surface area contributed by atoms with E-state index in [0.717, 1.165) is 10.9 Å². The number of aromatic amines is 1. The molecule has 232 valence electrons. The van der Waals surface area contributed by atoms with E-state index in [0.29, 0.717) is 30.8 Å². The number of amides is 2. The van der Waals surface area contributed by atoms with E-state index in [4.69, 9.17) is 9.47 Å². The summed E-state index contributed by atoms with van der Waals surface area (Å²) in [6.07, 6.45) is 0.713. The summed E-state index contributed by atoms with van der Waals surface area (Å²) in [7, 11) is 1.54. The van der Waals surface area contributed by atoms with Crippen LogP contribution in [-0.2, 0) is 23.9 Å². The average Bonchev–Trinajstić information content (AvgIpc) is 3.64. The second-order valence-corrected chi connectivity index (χ2v) is 11.4. The van der Waals surface area contributed by atoms with Crippen molar-refractivity contribution in [3.63, 3.8) is 0 Å². The van der Waals surface area contributed by atoms with Crippen molar-refractivity contribution in [2.45, 2.75) is 45.6 Å². The van der Waals surface area contributed by atoms with Crippen LogP contribution in [0.1, 0.15) is 60.4 Å². The Morgan fingerprint density at radius 1 is 1.02 bits per heavy atom. The van der Waals surface area contributed by atoms with Gasteiger partial charge in [-0.1, -0.05) is 50.2 Å². The predicted octanol–water partition coefficient (Wildman–Crippen LogP) is 3.42. The Bertz CT molecular complexity index is 1540. The molecule has 11 heteroatoms. The smallest absolute Gasteiger partial charge is 0.380 e. The Labute approximate surface area is 255 Å². The number of nitrogens with one attached hydrogen (secondary N) is 3. The van der Waals surface area contributed by atoms with Crippen LogP contribution < -0.4 is 15.4 Å². The van der Waals surface area contributed by atoms with Crippen molar-refractivity contribution in [3.05, 3.63) is 65.9 Å². The van der Waals surface area contributed by atoms with Crippen LogP contribution in [0.5, 0.6) is 5.75 Å². The number of aromatic nitrogens is 1. The van der Waals surface area contributed by atoms with Crippen molar-refractivity contribution >= 4 is 46.0 Å². The van der Waals surface area contributed by atoms with Crippen LogP contribution >= 0.6 is 0 Å². The number of hydrogen-bond donors (Lipinski definition) is 3. The second kappa shape index (κ2) is 14.6. The third-order valence-electron chi connectivity index (χ3n) is 7.66. The van der Waals surface area contributed by atoms with Gasteiger partial charge in [0.25, 0.3) is 5.78 Å². The molecule has 11 nitrogen and oxygen atoms in total. The number of benzene rings is 2. The third kappa shape index (κ3) is 7.97. The topological polar surface area (TPSA) is 161 Å². The van der Waals surface area contributed by atoms with Gasteiger partial charge in [-0.05, 0) is 43.4 Å². The van der Waals surface area contributed by atoms with E-state index in [1.807, 2.05) is 19.9 Å². The Hall–Kier alpha value is -4.80. The standard InChI is InChI=1S/C33H37N3O8/c1-19(2)14-22(16-27(37)26-17-23-24(35-26)10-7-11-29(23)43-3)32(41)36-25(15-21-12-13-34-31(21)40)28(38)18-44-33(42)30(39)20-8-5-4-6-9-20/h4-11,17,19,21-22,25,35H,12-16,18H2,1-3H3,(H,34,40)(H,36,41)/t21-,22+,25-/m0/s1. The molecule has 1 aromatic heterocycles. The lowest BCUT2D eigenvalue weighted by atomic mass is 9.89. The molecule has 0 aliphatic carbocycles. The minimum atomic E-state index is -1.20. The molecule has 3 atom stereocenters. The van der Waals surface area contributed by atoms with E-state index in [-0.39, 0.29) is 36.0 Å². The number of ketones is 3. The van der Waals surface area contributed by atoms with Gasteiger partial charge < -0.3 is 25.1 Å². The van der Waals surface area contributed by atoms with Gasteiger partial charge >= 0.3 is 5.97 Å². The normalized spacial score (nSPS) is 15.8. The average molecular weight is 604 g/mol. The van der Waals surface area contributed by atoms with Gasteiger partial charge in [-0.2, -0.15) is 0 Å². The number of H-pyrrole nitrogens is 1. The van der Waals surface area contributed by atoms with Crippen molar-refractivity contribution < 1.29 is 38.2 Å². The fourth-order valence-electron chi connectivity index (χ4n) is 5.37.